The molecule has 0 N–H and O–H groups in total. The lowest BCUT2D eigenvalue weighted by Crippen LogP contribution is -2.32. The molecule has 3 aromatic rings. The summed E-state index contributed by atoms with van der Waals surface area (Å²) in [6.07, 6.45) is 3.38. The van der Waals surface area contributed by atoms with Crippen LogP contribution >= 0.6 is 11.3 Å². The minimum Gasteiger partial charge on any atom is -0.497 e. The number of para-hydroxylation sites is 2. The molecule has 1 saturated carbocycles. The lowest BCUT2D eigenvalue weighted by atomic mass is 9.78. The lowest BCUT2D eigenvalue weighted by Gasteiger charge is -2.36. The van der Waals surface area contributed by atoms with Gasteiger partial charge < -0.3 is 14.0 Å². The summed E-state index contributed by atoms with van der Waals surface area (Å²) in [6, 6.07) is 12.6. The fourth-order valence-corrected chi connectivity index (χ4v) is 5.62. The van der Waals surface area contributed by atoms with Crippen LogP contribution in [-0.4, -0.2) is 23.7 Å². The van der Waals surface area contributed by atoms with Gasteiger partial charge in [-0.25, -0.2) is 4.99 Å². The quantitative estimate of drug-likeness (QED) is 0.312. The van der Waals surface area contributed by atoms with E-state index in [-0.39, 0.29) is 16.7 Å². The highest BCUT2D eigenvalue weighted by Crippen LogP contribution is 2.42. The van der Waals surface area contributed by atoms with Crippen LogP contribution in [0.4, 0.5) is 11.4 Å². The first-order valence-corrected chi connectivity index (χ1v) is 12.0. The van der Waals surface area contributed by atoms with Gasteiger partial charge in [0.05, 0.1) is 24.8 Å². The number of rotatable bonds is 6. The number of thiazole rings is 1. The molecule has 33 heavy (non-hydrogen) atoms. The summed E-state index contributed by atoms with van der Waals surface area (Å²) in [6.45, 7) is 4.59. The first-order valence-electron chi connectivity index (χ1n) is 11.1. The molecular weight excluding hydrogens is 438 g/mol. The Morgan fingerprint density at radius 1 is 1.12 bits per heavy atom. The van der Waals surface area contributed by atoms with Crippen molar-refractivity contribution >= 4 is 22.7 Å². The third kappa shape index (κ3) is 4.53. The Morgan fingerprint density at radius 2 is 1.91 bits per heavy atom. The molecule has 3 unspecified atom stereocenters. The van der Waals surface area contributed by atoms with Crippen molar-refractivity contribution in [3.8, 4) is 22.8 Å². The van der Waals surface area contributed by atoms with Crippen LogP contribution in [0.15, 0.2) is 52.8 Å². The van der Waals surface area contributed by atoms with E-state index in [1.54, 1.807) is 32.4 Å². The Hall–Kier alpha value is -3.13. The van der Waals surface area contributed by atoms with Crippen molar-refractivity contribution < 1.29 is 14.4 Å². The van der Waals surface area contributed by atoms with Gasteiger partial charge in [0.15, 0.2) is 4.80 Å². The highest BCUT2D eigenvalue weighted by molar-refractivity contribution is 7.07. The minimum atomic E-state index is -0.381. The van der Waals surface area contributed by atoms with Gasteiger partial charge in [0, 0.05) is 23.1 Å². The molecule has 4 rings (SSSR count). The van der Waals surface area contributed by atoms with E-state index in [4.69, 9.17) is 14.5 Å². The number of nitrogens with zero attached hydrogens (tertiary/aromatic N) is 3. The third-order valence-electron chi connectivity index (χ3n) is 6.71. The van der Waals surface area contributed by atoms with Gasteiger partial charge in [-0.3, -0.25) is 10.1 Å². The highest BCUT2D eigenvalue weighted by atomic mass is 32.1. The van der Waals surface area contributed by atoms with Gasteiger partial charge in [-0.15, -0.1) is 11.3 Å². The molecule has 0 spiro atoms. The maximum atomic E-state index is 11.6. The zero-order valence-corrected chi connectivity index (χ0v) is 20.2. The molecule has 0 amide bonds. The maximum Gasteiger partial charge on any atom is 0.294 e. The van der Waals surface area contributed by atoms with E-state index in [1.165, 1.54) is 23.8 Å². The summed E-state index contributed by atoms with van der Waals surface area (Å²) in [4.78, 5) is 16.8. The van der Waals surface area contributed by atoms with E-state index in [0.29, 0.717) is 17.5 Å². The second-order valence-corrected chi connectivity index (χ2v) is 9.37. The van der Waals surface area contributed by atoms with Gasteiger partial charge in [-0.2, -0.15) is 0 Å². The standard InChI is InChI=1S/C25H29N3O4S/c1-16-8-7-11-21(17(16)2)27-23(19-14-18(31-3)12-13-24(19)32-4)15-33-25(27)26-20-9-5-6-10-22(20)28(29)30/h5-6,9-10,12-17,21H,7-8,11H2,1-4H3. The number of nitro benzene ring substituents is 1. The molecule has 7 nitrogen and oxygen atoms in total. The van der Waals surface area contributed by atoms with Crippen LogP contribution in [0.3, 0.4) is 0 Å². The van der Waals surface area contributed by atoms with Gasteiger partial charge in [-0.05, 0) is 42.5 Å². The summed E-state index contributed by atoms with van der Waals surface area (Å²) < 4.78 is 13.4. The number of aromatic nitrogens is 1. The number of nitro groups is 1. The van der Waals surface area contributed by atoms with E-state index in [2.05, 4.69) is 23.8 Å². The van der Waals surface area contributed by atoms with Gasteiger partial charge in [0.2, 0.25) is 0 Å². The Bertz CT molecular complexity index is 1220. The number of hydrogen-bond acceptors (Lipinski definition) is 6. The van der Waals surface area contributed by atoms with Crippen LogP contribution in [0.2, 0.25) is 0 Å². The highest BCUT2D eigenvalue weighted by Gasteiger charge is 2.31. The van der Waals surface area contributed by atoms with Gasteiger partial charge in [-0.1, -0.05) is 38.8 Å². The van der Waals surface area contributed by atoms with Crippen molar-refractivity contribution in [1.29, 1.82) is 0 Å². The van der Waals surface area contributed by atoms with Gasteiger partial charge in [0.1, 0.15) is 17.2 Å². The molecule has 2 aromatic carbocycles. The zero-order valence-electron chi connectivity index (χ0n) is 19.4. The largest absolute Gasteiger partial charge is 0.497 e. The summed E-state index contributed by atoms with van der Waals surface area (Å²) >= 11 is 1.49. The minimum absolute atomic E-state index is 0.00280. The maximum absolute atomic E-state index is 11.6. The summed E-state index contributed by atoms with van der Waals surface area (Å²) in [7, 11) is 3.30. The van der Waals surface area contributed by atoms with Crippen molar-refractivity contribution in [3.05, 3.63) is 62.8 Å². The monoisotopic (exact) mass is 467 g/mol. The average Bonchev–Trinajstić information content (AvgIpc) is 3.23. The van der Waals surface area contributed by atoms with Gasteiger partial charge in [0.25, 0.3) is 5.69 Å². The third-order valence-corrected chi connectivity index (χ3v) is 7.55. The number of hydrogen-bond donors (Lipinski definition) is 0. The second kappa shape index (κ2) is 9.79. The molecule has 0 aliphatic heterocycles. The SMILES string of the molecule is COc1ccc(OC)c(-c2csc(=Nc3ccccc3[N+](=O)[O-])n2C2CCCC(C)C2C)c1. The smallest absolute Gasteiger partial charge is 0.294 e. The van der Waals surface area contributed by atoms with Crippen molar-refractivity contribution in [1.82, 2.24) is 4.57 Å². The average molecular weight is 468 g/mol. The Balaban J connectivity index is 1.98. The summed E-state index contributed by atoms with van der Waals surface area (Å²) in [5.74, 6) is 2.51. The van der Waals surface area contributed by atoms with Gasteiger partial charge >= 0.3 is 0 Å². The summed E-state index contributed by atoms with van der Waals surface area (Å²) in [5, 5.41) is 13.7. The molecule has 0 saturated heterocycles. The first kappa shape index (κ1) is 23.0. The van der Waals surface area contributed by atoms with Crippen molar-refractivity contribution in [2.45, 2.75) is 39.2 Å². The van der Waals surface area contributed by atoms with Crippen molar-refractivity contribution in [3.63, 3.8) is 0 Å². The molecule has 0 radical (unpaired) electrons. The molecule has 3 atom stereocenters. The lowest BCUT2D eigenvalue weighted by molar-refractivity contribution is -0.384. The molecule has 174 valence electrons. The molecular formula is C25H29N3O4S. The predicted molar refractivity (Wildman–Crippen MR) is 130 cm³/mol. The van der Waals surface area contributed by atoms with Crippen LogP contribution in [-0.2, 0) is 0 Å². The van der Waals surface area contributed by atoms with E-state index in [0.717, 1.165) is 40.4 Å². The summed E-state index contributed by atoms with van der Waals surface area (Å²) in [5.41, 5.74) is 2.27. The second-order valence-electron chi connectivity index (χ2n) is 8.53. The number of ether oxygens (including phenoxy) is 2. The molecule has 1 fully saturated rings. The van der Waals surface area contributed by atoms with E-state index < -0.39 is 0 Å². The van der Waals surface area contributed by atoms with Crippen LogP contribution in [0.5, 0.6) is 11.5 Å². The molecule has 1 heterocycles. The zero-order chi connectivity index (χ0) is 23.5. The molecule has 1 aliphatic rings. The topological polar surface area (TPSA) is 78.9 Å². The Morgan fingerprint density at radius 3 is 2.64 bits per heavy atom. The van der Waals surface area contributed by atoms with Crippen LogP contribution in [0.1, 0.15) is 39.2 Å². The van der Waals surface area contributed by atoms with Crippen molar-refractivity contribution in [2.75, 3.05) is 14.2 Å². The Labute approximate surface area is 197 Å². The first-order chi connectivity index (χ1) is 15.9. The fourth-order valence-electron chi connectivity index (χ4n) is 4.67. The van der Waals surface area contributed by atoms with Crippen molar-refractivity contribution in [2.24, 2.45) is 16.8 Å². The number of benzene rings is 2. The van der Waals surface area contributed by atoms with Crippen LogP contribution in [0, 0.1) is 22.0 Å². The molecule has 8 heteroatoms. The molecule has 1 aliphatic carbocycles. The Kier molecular flexibility index (Phi) is 6.83. The van der Waals surface area contributed by atoms with E-state index in [9.17, 15) is 10.1 Å². The fraction of sp³-hybridized carbons (Fsp3) is 0.400. The van der Waals surface area contributed by atoms with Crippen LogP contribution < -0.4 is 14.3 Å². The predicted octanol–water partition coefficient (Wildman–Crippen LogP) is 6.37. The van der Waals surface area contributed by atoms with E-state index >= 15 is 0 Å². The molecule has 1 aromatic heterocycles. The van der Waals surface area contributed by atoms with Crippen LogP contribution in [0.25, 0.3) is 11.3 Å². The molecule has 0 bridgehead atoms. The normalized spacial score (nSPS) is 21.1. The number of methoxy groups -OCH3 is 2. The van der Waals surface area contributed by atoms with E-state index in [1.807, 2.05) is 18.2 Å².